The summed E-state index contributed by atoms with van der Waals surface area (Å²) in [5.41, 5.74) is -1.56. The number of carboxylic acid groups (broad SMARTS) is 1. The molecular formula is C15H18BrF2N3O4S. The number of pyridine rings is 1. The van der Waals surface area contributed by atoms with Crippen molar-refractivity contribution < 1.29 is 27.8 Å². The molecule has 3 rings (SSSR count). The maximum atomic E-state index is 14.3. The van der Waals surface area contributed by atoms with Crippen LogP contribution in [0.25, 0.3) is 0 Å². The lowest BCUT2D eigenvalue weighted by atomic mass is 9.93. The molecule has 0 unspecified atom stereocenters. The molecule has 4 N–H and O–H groups in total. The van der Waals surface area contributed by atoms with Gasteiger partial charge in [-0.3, -0.25) is 19.4 Å². The van der Waals surface area contributed by atoms with Crippen LogP contribution in [0.1, 0.15) is 25.3 Å². The Bertz CT molecular complexity index is 792. The molecule has 1 aliphatic heterocycles. The first kappa shape index (κ1) is 19.5. The summed E-state index contributed by atoms with van der Waals surface area (Å²) in [4.78, 5) is 19.1. The van der Waals surface area contributed by atoms with Crippen molar-refractivity contribution in [3.05, 3.63) is 28.2 Å². The van der Waals surface area contributed by atoms with Crippen LogP contribution in [0.5, 0.6) is 0 Å². The number of amides is 1. The van der Waals surface area contributed by atoms with Gasteiger partial charge in [0.05, 0.1) is 5.75 Å². The van der Waals surface area contributed by atoms with Crippen LogP contribution in [0.2, 0.25) is 0 Å². The van der Waals surface area contributed by atoms with Gasteiger partial charge in [0, 0.05) is 16.2 Å². The number of alkyl halides is 1. The number of rotatable bonds is 3. The number of hydrogen-bond donors (Lipinski definition) is 4. The molecule has 1 aromatic heterocycles. The molecule has 0 aromatic carbocycles. The molecule has 0 spiro atoms. The van der Waals surface area contributed by atoms with E-state index in [4.69, 9.17) is 5.11 Å². The summed E-state index contributed by atoms with van der Waals surface area (Å²) in [6.45, 7) is 0.265. The molecule has 7 nitrogen and oxygen atoms in total. The summed E-state index contributed by atoms with van der Waals surface area (Å²) in [6.07, 6.45) is 0.793. The Morgan fingerprint density at radius 1 is 1.50 bits per heavy atom. The molecule has 11 heteroatoms. The molecule has 1 amide bonds. The number of aromatic nitrogens is 1. The van der Waals surface area contributed by atoms with Crippen molar-refractivity contribution in [1.29, 1.82) is 0 Å². The van der Waals surface area contributed by atoms with Crippen molar-refractivity contribution in [3.63, 3.8) is 0 Å². The second-order valence-corrected chi connectivity index (χ2v) is 10.0. The maximum Gasteiger partial charge on any atom is 0.410 e. The lowest BCUT2D eigenvalue weighted by molar-refractivity contribution is 0.199. The Morgan fingerprint density at radius 2 is 2.15 bits per heavy atom. The molecule has 1 saturated carbocycles. The molecular weight excluding hydrogens is 436 g/mol. The molecule has 1 fully saturated rings. The van der Waals surface area contributed by atoms with E-state index in [-0.39, 0.29) is 11.4 Å². The zero-order valence-corrected chi connectivity index (χ0v) is 16.1. The predicted molar refractivity (Wildman–Crippen MR) is 97.0 cm³/mol. The Morgan fingerprint density at radius 3 is 2.69 bits per heavy atom. The lowest BCUT2D eigenvalue weighted by Gasteiger charge is -2.55. The Balaban J connectivity index is 2.22. The quantitative estimate of drug-likeness (QED) is 0.520. The molecule has 26 heavy (non-hydrogen) atoms. The van der Waals surface area contributed by atoms with Gasteiger partial charge in [-0.1, -0.05) is 0 Å². The molecule has 1 aromatic rings. The van der Waals surface area contributed by atoms with E-state index in [9.17, 15) is 22.7 Å². The zero-order chi connectivity index (χ0) is 19.3. The summed E-state index contributed by atoms with van der Waals surface area (Å²) in [6, 6.07) is 1.39. The van der Waals surface area contributed by atoms with Gasteiger partial charge in [-0.15, -0.1) is 0 Å². The Hall–Kier alpha value is -1.30. The smallest absolute Gasteiger partial charge is 0.410 e. The van der Waals surface area contributed by atoms with E-state index < -0.39 is 51.3 Å². The van der Waals surface area contributed by atoms with E-state index in [1.807, 2.05) is 5.32 Å². The van der Waals surface area contributed by atoms with Gasteiger partial charge < -0.3 is 5.11 Å². The van der Waals surface area contributed by atoms with E-state index in [0.29, 0.717) is 17.3 Å². The van der Waals surface area contributed by atoms with Gasteiger partial charge in [-0.25, -0.2) is 14.2 Å². The summed E-state index contributed by atoms with van der Waals surface area (Å²) in [5.74, 6) is -2.11. The van der Waals surface area contributed by atoms with Gasteiger partial charge in [0.2, 0.25) is 5.95 Å². The average Bonchev–Trinajstić information content (AvgIpc) is 3.33. The lowest BCUT2D eigenvalue weighted by Crippen LogP contribution is -2.60. The molecule has 0 radical (unpaired) electrons. The third-order valence-electron chi connectivity index (χ3n) is 4.87. The van der Waals surface area contributed by atoms with Gasteiger partial charge in [-0.05, 0) is 47.7 Å². The number of nitrogens with one attached hydrogen (secondary N) is 1. The molecule has 0 saturated heterocycles. The van der Waals surface area contributed by atoms with E-state index in [1.54, 1.807) is 0 Å². The summed E-state index contributed by atoms with van der Waals surface area (Å²) < 4.78 is 48.8. The van der Waals surface area contributed by atoms with Crippen LogP contribution in [0.15, 0.2) is 21.7 Å². The van der Waals surface area contributed by atoms with Crippen molar-refractivity contribution in [1.82, 2.24) is 10.3 Å². The first-order chi connectivity index (χ1) is 12.1. The average molecular weight is 454 g/mol. The van der Waals surface area contributed by atoms with E-state index in [1.165, 1.54) is 19.2 Å². The van der Waals surface area contributed by atoms with Crippen LogP contribution in [-0.4, -0.2) is 48.3 Å². The SMILES string of the molecule is C[C@@]1(c2cc(Br)cnc2F)CS(O)(O)[C@@](CF)(C2CC2)C(NC(=O)O)=N1. The molecule has 2 aliphatic rings. The Kier molecular flexibility index (Phi) is 4.79. The van der Waals surface area contributed by atoms with Crippen LogP contribution >= 0.6 is 26.5 Å². The normalized spacial score (nSPS) is 31.8. The van der Waals surface area contributed by atoms with Gasteiger partial charge in [0.1, 0.15) is 22.8 Å². The third kappa shape index (κ3) is 3.00. The Labute approximate surface area is 158 Å². The van der Waals surface area contributed by atoms with Gasteiger partial charge in [0.25, 0.3) is 0 Å². The van der Waals surface area contributed by atoms with E-state index >= 15 is 0 Å². The number of nitrogens with zero attached hydrogens (tertiary/aromatic N) is 2. The fourth-order valence-electron chi connectivity index (χ4n) is 3.49. The number of amidine groups is 1. The minimum absolute atomic E-state index is 0.0419. The van der Waals surface area contributed by atoms with Crippen LogP contribution < -0.4 is 5.32 Å². The second-order valence-electron chi connectivity index (χ2n) is 6.76. The third-order valence-corrected chi connectivity index (χ3v) is 8.07. The largest absolute Gasteiger partial charge is 0.465 e. The van der Waals surface area contributed by atoms with Gasteiger partial charge in [-0.2, -0.15) is 15.0 Å². The number of halogens is 3. The first-order valence-corrected chi connectivity index (χ1v) is 10.3. The van der Waals surface area contributed by atoms with E-state index in [0.717, 1.165) is 0 Å². The highest BCUT2D eigenvalue weighted by Gasteiger charge is 2.63. The standard InChI is InChI=1S/C15H18BrF2N3O4S/c1-14(10-4-9(16)5-19-11(10)18)7-26(24,25)15(6-17,8-2-3-8)12(21-14)20-13(22)23/h4-5,8,24-25H,2-3,6-7H2,1H3,(H,20,21)(H,22,23)/t14-,15-/m0/s1. The number of aliphatic imine (C=N–C) groups is 1. The molecule has 0 bridgehead atoms. The minimum atomic E-state index is -3.69. The van der Waals surface area contributed by atoms with Crippen LogP contribution in [0.3, 0.4) is 0 Å². The maximum absolute atomic E-state index is 14.3. The monoisotopic (exact) mass is 453 g/mol. The number of hydrogen-bond acceptors (Lipinski definition) is 5. The van der Waals surface area contributed by atoms with Crippen molar-refractivity contribution in [2.24, 2.45) is 10.9 Å². The summed E-state index contributed by atoms with van der Waals surface area (Å²) >= 11 is 3.17. The van der Waals surface area contributed by atoms with Crippen LogP contribution in [0.4, 0.5) is 13.6 Å². The highest BCUT2D eigenvalue weighted by molar-refractivity contribution is 9.10. The highest BCUT2D eigenvalue weighted by Crippen LogP contribution is 2.67. The molecule has 1 aliphatic carbocycles. The van der Waals surface area contributed by atoms with Crippen LogP contribution in [-0.2, 0) is 5.54 Å². The zero-order valence-electron chi connectivity index (χ0n) is 13.7. The highest BCUT2D eigenvalue weighted by atomic mass is 79.9. The van der Waals surface area contributed by atoms with Gasteiger partial charge in [0.15, 0.2) is 0 Å². The van der Waals surface area contributed by atoms with Crippen molar-refractivity contribution in [3.8, 4) is 0 Å². The topological polar surface area (TPSA) is 115 Å². The van der Waals surface area contributed by atoms with Gasteiger partial charge >= 0.3 is 6.09 Å². The van der Waals surface area contributed by atoms with E-state index in [2.05, 4.69) is 25.9 Å². The number of carbonyl (C=O) groups is 1. The van der Waals surface area contributed by atoms with Crippen LogP contribution in [0, 0.1) is 11.9 Å². The first-order valence-electron chi connectivity index (χ1n) is 7.79. The molecule has 144 valence electrons. The molecule has 2 heterocycles. The van der Waals surface area contributed by atoms with Crippen molar-refractivity contribution in [2.45, 2.75) is 30.1 Å². The fourth-order valence-corrected chi connectivity index (χ4v) is 6.44. The predicted octanol–water partition coefficient (Wildman–Crippen LogP) is 3.75. The fraction of sp³-hybridized carbons (Fsp3) is 0.533. The second kappa shape index (κ2) is 6.39. The van der Waals surface area contributed by atoms with Crippen molar-refractivity contribution >= 4 is 38.4 Å². The minimum Gasteiger partial charge on any atom is -0.465 e. The molecule has 2 atom stereocenters. The van der Waals surface area contributed by atoms with Crippen molar-refractivity contribution in [2.75, 3.05) is 12.4 Å². The summed E-state index contributed by atoms with van der Waals surface area (Å²) in [5, 5.41) is 11.2. The summed E-state index contributed by atoms with van der Waals surface area (Å²) in [7, 11) is -3.69.